The molecule has 3 aromatic carbocycles. The van der Waals surface area contributed by atoms with Crippen LogP contribution < -0.4 is 4.74 Å². The molecule has 0 bridgehead atoms. The van der Waals surface area contributed by atoms with E-state index in [1.165, 1.54) is 31.5 Å². The smallest absolute Gasteiger partial charge is 0.139 e. The molecule has 31 heavy (non-hydrogen) atoms. The van der Waals surface area contributed by atoms with Crippen molar-refractivity contribution in [1.29, 1.82) is 0 Å². The Bertz CT molecular complexity index is 1180. The average Bonchev–Trinajstić information content (AvgIpc) is 3.13. The predicted octanol–water partition coefficient (Wildman–Crippen LogP) is 7.07. The number of ether oxygens (including phenoxy) is 1. The lowest BCUT2D eigenvalue weighted by atomic mass is 9.96. The third-order valence-electron chi connectivity index (χ3n) is 6.79. The zero-order chi connectivity index (χ0) is 21.3. The summed E-state index contributed by atoms with van der Waals surface area (Å²) >= 11 is 6.11. The van der Waals surface area contributed by atoms with Gasteiger partial charge in [0, 0.05) is 33.5 Å². The van der Waals surface area contributed by atoms with Gasteiger partial charge in [0.1, 0.15) is 36.6 Å². The molecule has 0 radical (unpaired) electrons. The van der Waals surface area contributed by atoms with E-state index in [9.17, 15) is 0 Å². The van der Waals surface area contributed by atoms with E-state index in [0.29, 0.717) is 11.6 Å². The molecule has 0 N–H and O–H groups in total. The Balaban J connectivity index is 1.30. The van der Waals surface area contributed by atoms with Crippen molar-refractivity contribution in [2.75, 3.05) is 26.2 Å². The molecule has 1 saturated heterocycles. The van der Waals surface area contributed by atoms with Crippen molar-refractivity contribution < 1.29 is 13.6 Å². The minimum atomic E-state index is 0.686. The van der Waals surface area contributed by atoms with E-state index in [4.69, 9.17) is 20.8 Å². The maximum atomic E-state index is 6.22. The molecule has 0 atom stereocenters. The van der Waals surface area contributed by atoms with Gasteiger partial charge in [0.05, 0.1) is 13.1 Å². The van der Waals surface area contributed by atoms with Gasteiger partial charge >= 0.3 is 0 Å². The molecule has 0 amide bonds. The lowest BCUT2D eigenvalue weighted by Gasteiger charge is -2.43. The largest absolute Gasteiger partial charge is 0.488 e. The van der Waals surface area contributed by atoms with Crippen molar-refractivity contribution in [3.05, 3.63) is 77.3 Å². The highest BCUT2D eigenvalue weighted by atomic mass is 35.5. The molecule has 1 fully saturated rings. The van der Waals surface area contributed by atoms with Crippen LogP contribution in [0.4, 0.5) is 0 Å². The number of fused-ring (bicyclic) bond motifs is 3. The van der Waals surface area contributed by atoms with Crippen molar-refractivity contribution >= 4 is 33.5 Å². The van der Waals surface area contributed by atoms with Gasteiger partial charge in [-0.2, -0.15) is 0 Å². The highest BCUT2D eigenvalue weighted by Crippen LogP contribution is 2.33. The van der Waals surface area contributed by atoms with Crippen molar-refractivity contribution in [3.63, 3.8) is 0 Å². The van der Waals surface area contributed by atoms with Gasteiger partial charge in [-0.1, -0.05) is 48.9 Å². The van der Waals surface area contributed by atoms with Crippen LogP contribution in [0.3, 0.4) is 0 Å². The molecule has 3 nitrogen and oxygen atoms in total. The number of piperidine rings is 1. The van der Waals surface area contributed by atoms with Gasteiger partial charge in [-0.3, -0.25) is 0 Å². The maximum Gasteiger partial charge on any atom is 0.139 e. The maximum absolute atomic E-state index is 6.22. The first kappa shape index (κ1) is 20.4. The van der Waals surface area contributed by atoms with Crippen LogP contribution >= 0.6 is 11.6 Å². The minimum absolute atomic E-state index is 0.686. The Labute approximate surface area is 188 Å². The molecule has 4 heteroatoms. The Kier molecular flexibility index (Phi) is 5.64. The zero-order valence-corrected chi connectivity index (χ0v) is 18.8. The first-order valence-corrected chi connectivity index (χ1v) is 11.6. The second-order valence-corrected chi connectivity index (χ2v) is 9.52. The third-order valence-corrected chi connectivity index (χ3v) is 7.03. The van der Waals surface area contributed by atoms with E-state index < -0.39 is 0 Å². The number of hydrogen-bond donors (Lipinski definition) is 0. The summed E-state index contributed by atoms with van der Waals surface area (Å²) in [7, 11) is 0. The first-order chi connectivity index (χ1) is 15.1. The van der Waals surface area contributed by atoms with Gasteiger partial charge in [0.15, 0.2) is 0 Å². The molecular formula is C27H29ClNO2+. The summed E-state index contributed by atoms with van der Waals surface area (Å²) in [5.41, 5.74) is 3.07. The van der Waals surface area contributed by atoms with Crippen molar-refractivity contribution in [1.82, 2.24) is 0 Å². The number of hydrogen-bond acceptors (Lipinski definition) is 2. The number of halogens is 1. The monoisotopic (exact) mass is 434 g/mol. The Morgan fingerprint density at radius 3 is 2.42 bits per heavy atom. The molecule has 0 unspecified atom stereocenters. The number of likely N-dealkylation sites (tertiary alicyclic amines) is 1. The van der Waals surface area contributed by atoms with Crippen LogP contribution in [-0.4, -0.2) is 30.7 Å². The highest BCUT2D eigenvalue weighted by molar-refractivity contribution is 6.31. The second kappa shape index (κ2) is 8.57. The molecule has 1 aliphatic rings. The van der Waals surface area contributed by atoms with Gasteiger partial charge in [-0.25, -0.2) is 0 Å². The SMILES string of the molecule is CC1CC[N+](CCOc2ccc3c(c2)oc2cc(Cl)ccc23)(Cc2ccccc2)CC1. The summed E-state index contributed by atoms with van der Waals surface area (Å²) in [5.74, 6) is 1.69. The van der Waals surface area contributed by atoms with E-state index in [1.807, 2.05) is 30.3 Å². The Hall–Kier alpha value is -2.49. The van der Waals surface area contributed by atoms with Crippen molar-refractivity contribution in [2.24, 2.45) is 5.92 Å². The summed E-state index contributed by atoms with van der Waals surface area (Å²) < 4.78 is 13.3. The minimum Gasteiger partial charge on any atom is -0.488 e. The number of quaternary nitrogens is 1. The molecule has 2 heterocycles. The van der Waals surface area contributed by atoms with E-state index in [-0.39, 0.29) is 0 Å². The Morgan fingerprint density at radius 2 is 1.65 bits per heavy atom. The van der Waals surface area contributed by atoms with Crippen LogP contribution in [0.5, 0.6) is 5.75 Å². The normalized spacial score (nSPS) is 21.5. The predicted molar refractivity (Wildman–Crippen MR) is 128 cm³/mol. The van der Waals surface area contributed by atoms with E-state index in [0.717, 1.165) is 51.2 Å². The topological polar surface area (TPSA) is 22.4 Å². The van der Waals surface area contributed by atoms with Gasteiger partial charge in [0.25, 0.3) is 0 Å². The molecular weight excluding hydrogens is 406 g/mol. The van der Waals surface area contributed by atoms with Crippen LogP contribution in [-0.2, 0) is 6.54 Å². The number of rotatable bonds is 6. The molecule has 0 saturated carbocycles. The zero-order valence-electron chi connectivity index (χ0n) is 18.0. The number of benzene rings is 3. The van der Waals surface area contributed by atoms with Crippen LogP contribution in [0.15, 0.2) is 71.1 Å². The van der Waals surface area contributed by atoms with Crippen molar-refractivity contribution in [2.45, 2.75) is 26.3 Å². The van der Waals surface area contributed by atoms with Gasteiger partial charge < -0.3 is 13.6 Å². The van der Waals surface area contributed by atoms with Crippen LogP contribution in [0, 0.1) is 5.92 Å². The summed E-state index contributed by atoms with van der Waals surface area (Å²) in [5, 5.41) is 2.86. The standard InChI is InChI=1S/C27H29ClNO2/c1-20-11-13-29(14-12-20,19-21-5-3-2-4-6-21)15-16-30-23-8-10-25-24-9-7-22(28)17-26(24)31-27(25)18-23/h2-10,17-18,20H,11-16,19H2,1H3/q+1. The summed E-state index contributed by atoms with van der Waals surface area (Å²) in [6.07, 6.45) is 2.58. The van der Waals surface area contributed by atoms with E-state index >= 15 is 0 Å². The number of furan rings is 1. The molecule has 0 aliphatic carbocycles. The van der Waals surface area contributed by atoms with E-state index in [2.05, 4.69) is 43.3 Å². The van der Waals surface area contributed by atoms with Crippen molar-refractivity contribution in [3.8, 4) is 5.75 Å². The molecule has 5 rings (SSSR count). The second-order valence-electron chi connectivity index (χ2n) is 9.09. The third kappa shape index (κ3) is 4.44. The summed E-state index contributed by atoms with van der Waals surface area (Å²) in [6, 6.07) is 22.8. The quantitative estimate of drug-likeness (QED) is 0.303. The van der Waals surface area contributed by atoms with E-state index in [1.54, 1.807) is 0 Å². The van der Waals surface area contributed by atoms with Gasteiger partial charge in [0.2, 0.25) is 0 Å². The van der Waals surface area contributed by atoms with Crippen LogP contribution in [0.2, 0.25) is 5.02 Å². The van der Waals surface area contributed by atoms with Gasteiger partial charge in [-0.05, 0) is 43.0 Å². The fourth-order valence-electron chi connectivity index (χ4n) is 4.85. The highest BCUT2D eigenvalue weighted by Gasteiger charge is 2.32. The fourth-order valence-corrected chi connectivity index (χ4v) is 5.02. The fraction of sp³-hybridized carbons (Fsp3) is 0.333. The number of nitrogens with zero attached hydrogens (tertiary/aromatic N) is 1. The van der Waals surface area contributed by atoms with Gasteiger partial charge in [-0.15, -0.1) is 0 Å². The molecule has 160 valence electrons. The lowest BCUT2D eigenvalue weighted by Crippen LogP contribution is -2.54. The lowest BCUT2D eigenvalue weighted by molar-refractivity contribution is -0.946. The molecule has 1 aliphatic heterocycles. The molecule has 0 spiro atoms. The first-order valence-electron chi connectivity index (χ1n) is 11.2. The molecule has 1 aromatic heterocycles. The average molecular weight is 435 g/mol. The van der Waals surface area contributed by atoms with Crippen LogP contribution in [0.1, 0.15) is 25.3 Å². The Morgan fingerprint density at radius 1 is 0.935 bits per heavy atom. The van der Waals surface area contributed by atoms with Crippen LogP contribution in [0.25, 0.3) is 21.9 Å². The molecule has 4 aromatic rings. The summed E-state index contributed by atoms with van der Waals surface area (Å²) in [4.78, 5) is 0. The summed E-state index contributed by atoms with van der Waals surface area (Å²) in [6.45, 7) is 7.64.